The number of amides is 1. The topological polar surface area (TPSA) is 81.8 Å². The fraction of sp³-hybridized carbons (Fsp3) is 0.500. The molecule has 0 saturated heterocycles. The molecule has 1 atom stereocenters. The minimum absolute atomic E-state index is 0.150. The predicted octanol–water partition coefficient (Wildman–Crippen LogP) is 1.49. The van der Waals surface area contributed by atoms with Gasteiger partial charge in [0.15, 0.2) is 0 Å². The van der Waals surface area contributed by atoms with Crippen LogP contribution in [0.25, 0.3) is 0 Å². The number of hydrogen-bond donors (Lipinski definition) is 1. The molecule has 7 nitrogen and oxygen atoms in total. The number of pyridine rings is 1. The number of rotatable bonds is 5. The molecule has 1 amide bonds. The number of carbonyl (C=O) groups is 1. The number of aryl methyl sites for hydroxylation is 2. The van der Waals surface area contributed by atoms with Crippen LogP contribution in [-0.2, 0) is 13.6 Å². The number of nitrogens with zero attached hydrogens (tertiary/aromatic N) is 4. The summed E-state index contributed by atoms with van der Waals surface area (Å²) in [6.07, 6.45) is 2.14. The average Bonchev–Trinajstić information content (AvgIpc) is 3.02. The van der Waals surface area contributed by atoms with Crippen LogP contribution in [0.3, 0.4) is 0 Å². The third-order valence-corrected chi connectivity index (χ3v) is 4.18. The van der Waals surface area contributed by atoms with E-state index in [2.05, 4.69) is 15.4 Å². The largest absolute Gasteiger partial charge is 0.342 e. The average molecular weight is 317 g/mol. The van der Waals surface area contributed by atoms with Crippen LogP contribution >= 0.6 is 0 Å². The summed E-state index contributed by atoms with van der Waals surface area (Å²) in [5.74, 6) is 0.315. The van der Waals surface area contributed by atoms with Crippen molar-refractivity contribution in [2.24, 2.45) is 7.05 Å². The lowest BCUT2D eigenvalue weighted by Gasteiger charge is -2.17. The van der Waals surface area contributed by atoms with E-state index in [0.717, 1.165) is 11.3 Å². The van der Waals surface area contributed by atoms with Crippen LogP contribution in [0.15, 0.2) is 17.2 Å². The summed E-state index contributed by atoms with van der Waals surface area (Å²) in [6, 6.07) is 1.36. The van der Waals surface area contributed by atoms with E-state index < -0.39 is 0 Å². The molecule has 0 aliphatic carbocycles. The highest BCUT2D eigenvalue weighted by atomic mass is 16.2. The molecule has 0 aromatic carbocycles. The second kappa shape index (κ2) is 6.76. The summed E-state index contributed by atoms with van der Waals surface area (Å²) >= 11 is 0. The summed E-state index contributed by atoms with van der Waals surface area (Å²) in [4.78, 5) is 29.1. The zero-order valence-corrected chi connectivity index (χ0v) is 14.3. The quantitative estimate of drug-likeness (QED) is 0.906. The maximum absolute atomic E-state index is 12.6. The highest BCUT2D eigenvalue weighted by Crippen LogP contribution is 2.14. The third-order valence-electron chi connectivity index (χ3n) is 4.18. The van der Waals surface area contributed by atoms with E-state index >= 15 is 0 Å². The van der Waals surface area contributed by atoms with Crippen molar-refractivity contribution in [1.29, 1.82) is 0 Å². The Hall–Kier alpha value is -2.44. The van der Waals surface area contributed by atoms with Gasteiger partial charge < -0.3 is 9.88 Å². The minimum atomic E-state index is -0.383. The monoisotopic (exact) mass is 317 g/mol. The van der Waals surface area contributed by atoms with Gasteiger partial charge in [0, 0.05) is 19.3 Å². The van der Waals surface area contributed by atoms with Crippen molar-refractivity contribution >= 4 is 5.91 Å². The Morgan fingerprint density at radius 2 is 2.04 bits per heavy atom. The first-order valence-corrected chi connectivity index (χ1v) is 7.76. The minimum Gasteiger partial charge on any atom is -0.342 e. The van der Waals surface area contributed by atoms with Gasteiger partial charge in [-0.25, -0.2) is 9.67 Å². The SMILES string of the molecule is CC[C@@H](NC(=O)c1cc(C)c(C)n(C)c1=O)c1ncnn1CC. The molecule has 7 heteroatoms. The zero-order valence-electron chi connectivity index (χ0n) is 14.3. The summed E-state index contributed by atoms with van der Waals surface area (Å²) in [5, 5.41) is 7.03. The fourth-order valence-electron chi connectivity index (χ4n) is 2.51. The number of aromatic nitrogens is 4. The Kier molecular flexibility index (Phi) is 4.98. The van der Waals surface area contributed by atoms with Crippen molar-refractivity contribution in [3.05, 3.63) is 45.4 Å². The molecular weight excluding hydrogens is 294 g/mol. The standard InChI is InChI=1S/C16H23N5O2/c1-6-13(14-17-9-18-21(14)7-2)19-15(22)12-8-10(3)11(4)20(5)16(12)23/h8-9,13H,6-7H2,1-5H3,(H,19,22)/t13-/m1/s1. The Balaban J connectivity index is 2.33. The smallest absolute Gasteiger partial charge is 0.263 e. The normalized spacial score (nSPS) is 12.2. The molecule has 0 fully saturated rings. The van der Waals surface area contributed by atoms with E-state index in [4.69, 9.17) is 0 Å². The van der Waals surface area contributed by atoms with Gasteiger partial charge in [0.1, 0.15) is 17.7 Å². The van der Waals surface area contributed by atoms with Crippen molar-refractivity contribution in [3.8, 4) is 0 Å². The second-order valence-electron chi connectivity index (χ2n) is 5.56. The van der Waals surface area contributed by atoms with Gasteiger partial charge in [-0.3, -0.25) is 9.59 Å². The summed E-state index contributed by atoms with van der Waals surface area (Å²) in [5.41, 5.74) is 1.61. The van der Waals surface area contributed by atoms with Crippen molar-refractivity contribution in [1.82, 2.24) is 24.6 Å². The maximum Gasteiger partial charge on any atom is 0.263 e. The highest BCUT2D eigenvalue weighted by molar-refractivity contribution is 5.94. The molecule has 2 rings (SSSR count). The van der Waals surface area contributed by atoms with E-state index in [1.807, 2.05) is 27.7 Å². The molecule has 0 radical (unpaired) electrons. The molecule has 2 aromatic heterocycles. The molecule has 0 bridgehead atoms. The lowest BCUT2D eigenvalue weighted by molar-refractivity contribution is 0.0930. The molecule has 2 heterocycles. The van der Waals surface area contributed by atoms with Gasteiger partial charge in [0.05, 0.1) is 6.04 Å². The summed E-state index contributed by atoms with van der Waals surface area (Å²) < 4.78 is 3.24. The Morgan fingerprint density at radius 3 is 2.65 bits per heavy atom. The number of hydrogen-bond acceptors (Lipinski definition) is 4. The molecule has 0 unspecified atom stereocenters. The first kappa shape index (κ1) is 16.9. The van der Waals surface area contributed by atoms with Crippen molar-refractivity contribution in [2.45, 2.75) is 46.7 Å². The molecular formula is C16H23N5O2. The lowest BCUT2D eigenvalue weighted by Crippen LogP contribution is -2.36. The zero-order chi connectivity index (χ0) is 17.1. The van der Waals surface area contributed by atoms with Crippen molar-refractivity contribution in [3.63, 3.8) is 0 Å². The van der Waals surface area contributed by atoms with E-state index in [9.17, 15) is 9.59 Å². The molecule has 2 aromatic rings. The first-order chi connectivity index (χ1) is 10.9. The molecule has 23 heavy (non-hydrogen) atoms. The van der Waals surface area contributed by atoms with Crippen LogP contribution in [0, 0.1) is 13.8 Å². The van der Waals surface area contributed by atoms with Gasteiger partial charge in [-0.1, -0.05) is 6.92 Å². The Bertz CT molecular complexity index is 775. The van der Waals surface area contributed by atoms with E-state index in [1.54, 1.807) is 17.8 Å². The summed E-state index contributed by atoms with van der Waals surface area (Å²) in [6.45, 7) is 8.34. The molecule has 0 aliphatic heterocycles. The third kappa shape index (κ3) is 3.18. The highest BCUT2D eigenvalue weighted by Gasteiger charge is 2.21. The second-order valence-corrected chi connectivity index (χ2v) is 5.56. The maximum atomic E-state index is 12.6. The molecule has 124 valence electrons. The van der Waals surface area contributed by atoms with Crippen LogP contribution in [0.4, 0.5) is 0 Å². The first-order valence-electron chi connectivity index (χ1n) is 7.76. The molecule has 1 N–H and O–H groups in total. The fourth-order valence-corrected chi connectivity index (χ4v) is 2.51. The Labute approximate surface area is 135 Å². The van der Waals surface area contributed by atoms with Gasteiger partial charge in [-0.15, -0.1) is 0 Å². The van der Waals surface area contributed by atoms with E-state index in [0.29, 0.717) is 18.8 Å². The van der Waals surface area contributed by atoms with Gasteiger partial charge in [-0.05, 0) is 38.8 Å². The molecule has 0 saturated carbocycles. The van der Waals surface area contributed by atoms with Crippen LogP contribution < -0.4 is 10.9 Å². The molecule has 0 spiro atoms. The van der Waals surface area contributed by atoms with Gasteiger partial charge >= 0.3 is 0 Å². The summed E-state index contributed by atoms with van der Waals surface area (Å²) in [7, 11) is 1.67. The lowest BCUT2D eigenvalue weighted by atomic mass is 10.1. The van der Waals surface area contributed by atoms with Gasteiger partial charge in [-0.2, -0.15) is 5.10 Å². The van der Waals surface area contributed by atoms with Crippen molar-refractivity contribution < 1.29 is 4.79 Å². The van der Waals surface area contributed by atoms with Gasteiger partial charge in [0.25, 0.3) is 11.5 Å². The molecule has 0 aliphatic rings. The van der Waals surface area contributed by atoms with Crippen LogP contribution in [-0.4, -0.2) is 25.2 Å². The van der Waals surface area contributed by atoms with Crippen LogP contribution in [0.5, 0.6) is 0 Å². The van der Waals surface area contributed by atoms with E-state index in [-0.39, 0.29) is 23.1 Å². The predicted molar refractivity (Wildman–Crippen MR) is 87.4 cm³/mol. The van der Waals surface area contributed by atoms with Crippen LogP contribution in [0.2, 0.25) is 0 Å². The van der Waals surface area contributed by atoms with Gasteiger partial charge in [0.2, 0.25) is 0 Å². The van der Waals surface area contributed by atoms with Crippen LogP contribution in [0.1, 0.15) is 53.7 Å². The number of carbonyl (C=O) groups excluding carboxylic acids is 1. The Morgan fingerprint density at radius 1 is 1.35 bits per heavy atom. The van der Waals surface area contributed by atoms with Crippen molar-refractivity contribution in [2.75, 3.05) is 0 Å². The van der Waals surface area contributed by atoms with E-state index in [1.165, 1.54) is 10.9 Å². The number of nitrogens with one attached hydrogen (secondary N) is 1.